The van der Waals surface area contributed by atoms with Gasteiger partial charge in [-0.1, -0.05) is 12.2 Å². The van der Waals surface area contributed by atoms with Crippen LogP contribution < -0.4 is 29.1 Å². The molecule has 0 amide bonds. The molecule has 26 heavy (non-hydrogen) atoms. The first-order valence-corrected chi connectivity index (χ1v) is 8.16. The van der Waals surface area contributed by atoms with E-state index < -0.39 is 0 Å². The van der Waals surface area contributed by atoms with Crippen molar-refractivity contribution in [3.8, 4) is 28.7 Å². The van der Waals surface area contributed by atoms with Gasteiger partial charge in [0.2, 0.25) is 5.75 Å². The second kappa shape index (κ2) is 9.08. The summed E-state index contributed by atoms with van der Waals surface area (Å²) in [6.07, 6.45) is 3.78. The molecule has 0 atom stereocenters. The lowest BCUT2D eigenvalue weighted by molar-refractivity contribution is 0.326. The van der Waals surface area contributed by atoms with Crippen LogP contribution in [0, 0.1) is 0 Å². The summed E-state index contributed by atoms with van der Waals surface area (Å²) in [4.78, 5) is 0. The second-order valence-electron chi connectivity index (χ2n) is 5.32. The van der Waals surface area contributed by atoms with Gasteiger partial charge in [-0.3, -0.25) is 0 Å². The summed E-state index contributed by atoms with van der Waals surface area (Å²) >= 11 is 0. The van der Waals surface area contributed by atoms with Gasteiger partial charge in [0, 0.05) is 11.6 Å². The zero-order valence-corrected chi connectivity index (χ0v) is 15.8. The van der Waals surface area contributed by atoms with Crippen molar-refractivity contribution in [2.24, 2.45) is 0 Å². The smallest absolute Gasteiger partial charge is 0.202 e. The van der Waals surface area contributed by atoms with Crippen LogP contribution in [0.4, 0.5) is 0 Å². The number of hydrogen-bond donors (Lipinski definition) is 0. The fourth-order valence-corrected chi connectivity index (χ4v) is 2.60. The summed E-state index contributed by atoms with van der Waals surface area (Å²) in [6, 6.07) is 7.47. The molecule has 2 radical (unpaired) electrons. The molecule has 0 spiro atoms. The summed E-state index contributed by atoms with van der Waals surface area (Å²) in [5, 5.41) is 0. The van der Waals surface area contributed by atoms with Crippen LogP contribution >= 0.6 is 0 Å². The molecule has 6 heteroatoms. The Morgan fingerprint density at radius 2 is 1.46 bits per heavy atom. The van der Waals surface area contributed by atoms with Gasteiger partial charge in [0.1, 0.15) is 19.3 Å². The minimum Gasteiger partial charge on any atom is -0.496 e. The molecule has 136 valence electrons. The molecular weight excluding hydrogens is 331 g/mol. The Hall–Kier alpha value is -2.76. The Morgan fingerprint density at radius 3 is 2.04 bits per heavy atom. The van der Waals surface area contributed by atoms with Gasteiger partial charge in [-0.15, -0.1) is 0 Å². The standard InChI is InChI=1S/C20H23BO5/c1-6-26-15-10-9-13(16(12-15)22-2)7-8-14-11-17(23-3)19(24-4)20(25-5)18(14)21/h7-12H,6H2,1-5H3/b8-7+. The molecule has 0 saturated carbocycles. The molecule has 0 aromatic heterocycles. The highest BCUT2D eigenvalue weighted by molar-refractivity contribution is 6.37. The number of methoxy groups -OCH3 is 4. The van der Waals surface area contributed by atoms with E-state index in [2.05, 4.69) is 0 Å². The van der Waals surface area contributed by atoms with Crippen LogP contribution in [0.5, 0.6) is 28.7 Å². The van der Waals surface area contributed by atoms with Gasteiger partial charge in [0.05, 0.1) is 35.0 Å². The van der Waals surface area contributed by atoms with E-state index in [9.17, 15) is 0 Å². The first kappa shape index (κ1) is 19.6. The van der Waals surface area contributed by atoms with Gasteiger partial charge in [-0.25, -0.2) is 0 Å². The summed E-state index contributed by atoms with van der Waals surface area (Å²) in [5.74, 6) is 2.90. The molecule has 0 aliphatic carbocycles. The molecule has 0 saturated heterocycles. The minimum atomic E-state index is 0.435. The predicted molar refractivity (Wildman–Crippen MR) is 105 cm³/mol. The highest BCUT2D eigenvalue weighted by Crippen LogP contribution is 2.37. The van der Waals surface area contributed by atoms with Gasteiger partial charge in [-0.2, -0.15) is 0 Å². The third-order valence-corrected chi connectivity index (χ3v) is 3.86. The normalized spacial score (nSPS) is 10.7. The van der Waals surface area contributed by atoms with Crippen molar-refractivity contribution in [1.82, 2.24) is 0 Å². The van der Waals surface area contributed by atoms with Crippen LogP contribution in [0.3, 0.4) is 0 Å². The highest BCUT2D eigenvalue weighted by atomic mass is 16.5. The molecule has 0 heterocycles. The minimum absolute atomic E-state index is 0.435. The average molecular weight is 354 g/mol. The molecule has 0 aliphatic rings. The fraction of sp³-hybridized carbons (Fsp3) is 0.300. The number of hydrogen-bond acceptors (Lipinski definition) is 5. The Bertz CT molecular complexity index is 786. The van der Waals surface area contributed by atoms with Gasteiger partial charge in [0.25, 0.3) is 0 Å². The molecule has 0 unspecified atom stereocenters. The molecule has 5 nitrogen and oxygen atoms in total. The lowest BCUT2D eigenvalue weighted by Gasteiger charge is -2.16. The van der Waals surface area contributed by atoms with Crippen LogP contribution in [-0.2, 0) is 0 Å². The van der Waals surface area contributed by atoms with Crippen molar-refractivity contribution in [1.29, 1.82) is 0 Å². The largest absolute Gasteiger partial charge is 0.496 e. The summed E-state index contributed by atoms with van der Waals surface area (Å²) in [5.41, 5.74) is 2.10. The number of benzene rings is 2. The molecule has 2 aromatic carbocycles. The molecule has 2 rings (SSSR count). The van der Waals surface area contributed by atoms with Crippen molar-refractivity contribution in [3.05, 3.63) is 35.4 Å². The zero-order valence-electron chi connectivity index (χ0n) is 15.8. The first-order chi connectivity index (χ1) is 12.6. The molecule has 0 bridgehead atoms. The highest BCUT2D eigenvalue weighted by Gasteiger charge is 2.16. The first-order valence-electron chi connectivity index (χ1n) is 8.16. The van der Waals surface area contributed by atoms with Gasteiger partial charge >= 0.3 is 0 Å². The molecular formula is C20H23BO5. The van der Waals surface area contributed by atoms with Crippen LogP contribution in [0.2, 0.25) is 0 Å². The third-order valence-electron chi connectivity index (χ3n) is 3.86. The van der Waals surface area contributed by atoms with Gasteiger partial charge in [0.15, 0.2) is 11.5 Å². The van der Waals surface area contributed by atoms with Crippen LogP contribution in [-0.4, -0.2) is 42.9 Å². The van der Waals surface area contributed by atoms with E-state index in [-0.39, 0.29) is 0 Å². The lowest BCUT2D eigenvalue weighted by Crippen LogP contribution is -2.13. The average Bonchev–Trinajstić information content (AvgIpc) is 2.67. The molecule has 0 fully saturated rings. The van der Waals surface area contributed by atoms with Crippen molar-refractivity contribution in [2.45, 2.75) is 6.92 Å². The SMILES string of the molecule is [B]c1c(/C=C/c2ccc(OCC)cc2OC)cc(OC)c(OC)c1OC. The Morgan fingerprint density at radius 1 is 0.808 bits per heavy atom. The number of rotatable bonds is 8. The van der Waals surface area contributed by atoms with E-state index in [0.717, 1.165) is 16.9 Å². The molecule has 2 aromatic rings. The maximum absolute atomic E-state index is 6.23. The lowest BCUT2D eigenvalue weighted by atomic mass is 9.88. The molecule has 0 N–H and O–H groups in total. The summed E-state index contributed by atoms with van der Waals surface area (Å²) in [6.45, 7) is 2.54. The van der Waals surface area contributed by atoms with E-state index in [0.29, 0.717) is 35.1 Å². The van der Waals surface area contributed by atoms with Gasteiger partial charge in [-0.05, 0) is 36.1 Å². The Labute approximate surface area is 155 Å². The Kier molecular flexibility index (Phi) is 6.84. The monoisotopic (exact) mass is 354 g/mol. The fourth-order valence-electron chi connectivity index (χ4n) is 2.60. The quantitative estimate of drug-likeness (QED) is 0.539. The predicted octanol–water partition coefficient (Wildman–Crippen LogP) is 3.08. The van der Waals surface area contributed by atoms with E-state index in [1.807, 2.05) is 37.3 Å². The number of ether oxygens (including phenoxy) is 5. The maximum Gasteiger partial charge on any atom is 0.202 e. The van der Waals surface area contributed by atoms with Crippen molar-refractivity contribution in [2.75, 3.05) is 35.0 Å². The topological polar surface area (TPSA) is 46.2 Å². The van der Waals surface area contributed by atoms with Crippen LogP contribution in [0.1, 0.15) is 18.1 Å². The molecule has 0 aliphatic heterocycles. The van der Waals surface area contributed by atoms with E-state index in [1.54, 1.807) is 27.4 Å². The summed E-state index contributed by atoms with van der Waals surface area (Å²) in [7, 11) is 12.5. The van der Waals surface area contributed by atoms with Gasteiger partial charge < -0.3 is 23.7 Å². The van der Waals surface area contributed by atoms with E-state index in [4.69, 9.17) is 31.5 Å². The van der Waals surface area contributed by atoms with Crippen molar-refractivity contribution in [3.63, 3.8) is 0 Å². The maximum atomic E-state index is 6.23. The van der Waals surface area contributed by atoms with E-state index in [1.165, 1.54) is 7.11 Å². The Balaban J connectivity index is 2.45. The third kappa shape index (κ3) is 4.07. The van der Waals surface area contributed by atoms with Crippen molar-refractivity contribution < 1.29 is 23.7 Å². The van der Waals surface area contributed by atoms with E-state index >= 15 is 0 Å². The van der Waals surface area contributed by atoms with Crippen LogP contribution in [0.25, 0.3) is 12.2 Å². The summed E-state index contributed by atoms with van der Waals surface area (Å²) < 4.78 is 27.1. The second-order valence-corrected chi connectivity index (χ2v) is 5.32. The van der Waals surface area contributed by atoms with Crippen molar-refractivity contribution >= 4 is 25.5 Å². The van der Waals surface area contributed by atoms with Crippen LogP contribution in [0.15, 0.2) is 24.3 Å². The zero-order chi connectivity index (χ0) is 19.1.